The summed E-state index contributed by atoms with van der Waals surface area (Å²) in [6.07, 6.45) is -2.18. The fraction of sp³-hybridized carbons (Fsp3) is 1.00. The quantitative estimate of drug-likeness (QED) is 0.203. The normalized spacial score (nSPS) is 21.5. The van der Waals surface area contributed by atoms with Crippen molar-refractivity contribution in [3.63, 3.8) is 0 Å². The number of rotatable bonds is 7. The van der Waals surface area contributed by atoms with Crippen LogP contribution in [0.3, 0.4) is 0 Å². The highest BCUT2D eigenvalue weighted by Crippen LogP contribution is 2.66. The van der Waals surface area contributed by atoms with E-state index in [1.54, 1.807) is 0 Å². The predicted molar refractivity (Wildman–Crippen MR) is 53.8 cm³/mol. The number of phosphoric ester groups is 1. The minimum Gasteiger partial charge on any atom is -0.342 e. The van der Waals surface area contributed by atoms with Gasteiger partial charge < -0.3 is 34.9 Å². The summed E-state index contributed by atoms with van der Waals surface area (Å²) < 4.78 is 42.7. The molecule has 16 heteroatoms. The lowest BCUT2D eigenvalue weighted by Crippen LogP contribution is -2.41. The SMILES string of the molecule is CC(OP(=O)(O)OP(=O)(O)OP(=O)(O)O)C(O)(O)O. The van der Waals surface area contributed by atoms with Gasteiger partial charge in [0.1, 0.15) is 6.10 Å². The molecule has 0 rings (SSSR count). The van der Waals surface area contributed by atoms with Crippen LogP contribution < -0.4 is 0 Å². The van der Waals surface area contributed by atoms with Crippen LogP contribution in [0.1, 0.15) is 6.92 Å². The maximum absolute atomic E-state index is 11.1. The van der Waals surface area contributed by atoms with E-state index in [1.807, 2.05) is 0 Å². The van der Waals surface area contributed by atoms with Crippen LogP contribution in [0.15, 0.2) is 0 Å². The highest BCUT2D eigenvalue weighted by atomic mass is 31.3. The van der Waals surface area contributed by atoms with Crippen molar-refractivity contribution in [2.75, 3.05) is 0 Å². The molecule has 0 radical (unpaired) electrons. The minimum atomic E-state index is -5.69. The Labute approximate surface area is 105 Å². The van der Waals surface area contributed by atoms with Gasteiger partial charge in [0, 0.05) is 0 Å². The van der Waals surface area contributed by atoms with Crippen LogP contribution in [0.25, 0.3) is 0 Å². The van der Waals surface area contributed by atoms with E-state index < -0.39 is 35.5 Å². The van der Waals surface area contributed by atoms with E-state index in [9.17, 15) is 13.7 Å². The summed E-state index contributed by atoms with van der Waals surface area (Å²) in [7, 11) is -16.7. The van der Waals surface area contributed by atoms with Gasteiger partial charge >= 0.3 is 29.4 Å². The maximum Gasteiger partial charge on any atom is 0.490 e. The summed E-state index contributed by atoms with van der Waals surface area (Å²) in [5.74, 6) is -3.58. The Bertz CT molecular complexity index is 443. The summed E-state index contributed by atoms with van der Waals surface area (Å²) in [5.41, 5.74) is 0. The molecule has 0 spiro atoms. The molecule has 116 valence electrons. The number of aliphatic hydroxyl groups is 3. The van der Waals surface area contributed by atoms with Crippen molar-refractivity contribution in [1.29, 1.82) is 0 Å². The smallest absolute Gasteiger partial charge is 0.342 e. The van der Waals surface area contributed by atoms with Crippen molar-refractivity contribution >= 4 is 23.5 Å². The summed E-state index contributed by atoms with van der Waals surface area (Å²) in [4.78, 5) is 34.0. The van der Waals surface area contributed by atoms with E-state index in [0.29, 0.717) is 6.92 Å². The molecule has 0 fully saturated rings. The molecule has 0 aromatic heterocycles. The molecule has 19 heavy (non-hydrogen) atoms. The Balaban J connectivity index is 4.83. The topological polar surface area (TPSA) is 221 Å². The lowest BCUT2D eigenvalue weighted by atomic mass is 10.3. The third-order valence-corrected chi connectivity index (χ3v) is 5.16. The molecule has 0 saturated heterocycles. The molecule has 0 aliphatic heterocycles. The Kier molecular flexibility index (Phi) is 6.05. The van der Waals surface area contributed by atoms with E-state index in [0.717, 1.165) is 0 Å². The van der Waals surface area contributed by atoms with Gasteiger partial charge in [0.2, 0.25) is 0 Å². The first-order chi connectivity index (χ1) is 8.04. The fourth-order valence-corrected chi connectivity index (χ4v) is 3.77. The van der Waals surface area contributed by atoms with Crippen molar-refractivity contribution in [1.82, 2.24) is 0 Å². The van der Waals surface area contributed by atoms with E-state index >= 15 is 0 Å². The standard InChI is InChI=1S/C3H11O13P3/c1-2(3(4,5)6)14-18(10,11)16-19(12,13)15-17(7,8)9/h2,4-6H,1H3,(H,10,11)(H,12,13)(H2,7,8,9). The van der Waals surface area contributed by atoms with Crippen LogP contribution >= 0.6 is 23.5 Å². The molecule has 3 unspecified atom stereocenters. The van der Waals surface area contributed by atoms with Crippen molar-refractivity contribution in [3.05, 3.63) is 0 Å². The molecule has 0 bridgehead atoms. The molecule has 0 aliphatic rings. The highest BCUT2D eigenvalue weighted by molar-refractivity contribution is 7.66. The summed E-state index contributed by atoms with van der Waals surface area (Å²) in [6, 6.07) is 0. The predicted octanol–water partition coefficient (Wildman–Crippen LogP) is -1.65. The first-order valence-electron chi connectivity index (χ1n) is 4.03. The molecule has 0 heterocycles. The fourth-order valence-electron chi connectivity index (χ4n) is 0.569. The van der Waals surface area contributed by atoms with Crippen LogP contribution in [0.4, 0.5) is 0 Å². The van der Waals surface area contributed by atoms with E-state index in [4.69, 9.17) is 34.9 Å². The van der Waals surface area contributed by atoms with Crippen LogP contribution in [0.5, 0.6) is 0 Å². The summed E-state index contributed by atoms with van der Waals surface area (Å²) >= 11 is 0. The van der Waals surface area contributed by atoms with Gasteiger partial charge in [0.25, 0.3) is 0 Å². The zero-order valence-corrected chi connectivity index (χ0v) is 11.7. The van der Waals surface area contributed by atoms with Gasteiger partial charge in [-0.3, -0.25) is 4.52 Å². The first-order valence-corrected chi connectivity index (χ1v) is 8.55. The van der Waals surface area contributed by atoms with Crippen molar-refractivity contribution in [2.24, 2.45) is 0 Å². The van der Waals surface area contributed by atoms with Crippen LogP contribution in [0.2, 0.25) is 0 Å². The molecular formula is C3H11O13P3. The third kappa shape index (κ3) is 8.95. The van der Waals surface area contributed by atoms with Gasteiger partial charge in [0.05, 0.1) is 0 Å². The van der Waals surface area contributed by atoms with Crippen molar-refractivity contribution < 1.29 is 61.7 Å². The zero-order chi connectivity index (χ0) is 15.7. The average molecular weight is 348 g/mol. The second-order valence-corrected chi connectivity index (χ2v) is 7.40. The molecule has 13 nitrogen and oxygen atoms in total. The number of hydrogen-bond acceptors (Lipinski definition) is 9. The monoisotopic (exact) mass is 348 g/mol. The van der Waals surface area contributed by atoms with Crippen molar-refractivity contribution in [3.8, 4) is 0 Å². The largest absolute Gasteiger partial charge is 0.490 e. The molecule has 0 aliphatic carbocycles. The highest BCUT2D eigenvalue weighted by Gasteiger charge is 2.44. The van der Waals surface area contributed by atoms with Gasteiger partial charge in [-0.1, -0.05) is 0 Å². The molecule has 0 saturated carbocycles. The lowest BCUT2D eigenvalue weighted by molar-refractivity contribution is -0.347. The average Bonchev–Trinajstić information content (AvgIpc) is 1.91. The summed E-state index contributed by atoms with van der Waals surface area (Å²) in [5, 5.41) is 25.6. The van der Waals surface area contributed by atoms with Crippen LogP contribution in [-0.2, 0) is 26.8 Å². The molecule has 0 aromatic carbocycles. The van der Waals surface area contributed by atoms with Crippen molar-refractivity contribution in [2.45, 2.75) is 19.0 Å². The first kappa shape index (κ1) is 19.3. The Morgan fingerprint density at radius 1 is 0.895 bits per heavy atom. The van der Waals surface area contributed by atoms with Gasteiger partial charge in [0.15, 0.2) is 0 Å². The van der Waals surface area contributed by atoms with E-state index in [-0.39, 0.29) is 0 Å². The van der Waals surface area contributed by atoms with E-state index in [1.165, 1.54) is 0 Å². The second-order valence-electron chi connectivity index (χ2n) is 3.03. The second kappa shape index (κ2) is 5.96. The van der Waals surface area contributed by atoms with Gasteiger partial charge in [-0.25, -0.2) is 13.7 Å². The minimum absolute atomic E-state index is 0.665. The lowest BCUT2D eigenvalue weighted by Gasteiger charge is -2.24. The van der Waals surface area contributed by atoms with Gasteiger partial charge in [-0.2, -0.15) is 8.62 Å². The Morgan fingerprint density at radius 3 is 1.63 bits per heavy atom. The van der Waals surface area contributed by atoms with Gasteiger partial charge in [-0.15, -0.1) is 0 Å². The Hall–Kier alpha value is 0.290. The van der Waals surface area contributed by atoms with Crippen LogP contribution in [-0.4, -0.2) is 47.0 Å². The number of hydrogen-bond donors (Lipinski definition) is 7. The maximum atomic E-state index is 11.1. The van der Waals surface area contributed by atoms with E-state index in [2.05, 4.69) is 13.1 Å². The summed E-state index contributed by atoms with van der Waals surface area (Å²) in [6.45, 7) is 0.665. The molecule has 0 amide bonds. The van der Waals surface area contributed by atoms with Gasteiger partial charge in [-0.05, 0) is 6.92 Å². The zero-order valence-electron chi connectivity index (χ0n) is 9.00. The molecule has 0 aromatic rings. The molecule has 7 N–H and O–H groups in total. The Morgan fingerprint density at radius 2 is 1.32 bits per heavy atom. The third-order valence-electron chi connectivity index (χ3n) is 1.25. The number of phosphoric acid groups is 3. The molecule has 3 atom stereocenters. The van der Waals surface area contributed by atoms with Crippen LogP contribution in [0, 0.1) is 0 Å². The molecular weight excluding hydrogens is 337 g/mol.